The van der Waals surface area contributed by atoms with E-state index in [0.717, 1.165) is 12.2 Å². The Labute approximate surface area is 124 Å². The molecule has 2 aromatic rings. The number of carbonyl (C=O) groups excluding carboxylic acids is 1. The third kappa shape index (κ3) is 3.99. The van der Waals surface area contributed by atoms with Gasteiger partial charge in [0.25, 0.3) is 5.91 Å². The molecule has 0 saturated heterocycles. The number of benzene rings is 2. The van der Waals surface area contributed by atoms with Gasteiger partial charge in [0.2, 0.25) is 0 Å². The predicted molar refractivity (Wildman–Crippen MR) is 83.2 cm³/mol. The van der Waals surface area contributed by atoms with Crippen LogP contribution >= 0.6 is 0 Å². The number of amides is 1. The second-order valence-electron chi connectivity index (χ2n) is 4.53. The van der Waals surface area contributed by atoms with E-state index in [9.17, 15) is 4.79 Å². The molecule has 1 N–H and O–H groups in total. The van der Waals surface area contributed by atoms with Crippen LogP contribution in [0.4, 0.5) is 5.69 Å². The fourth-order valence-corrected chi connectivity index (χ4v) is 1.84. The van der Waals surface area contributed by atoms with Crippen molar-refractivity contribution in [2.75, 3.05) is 19.0 Å². The first-order chi connectivity index (χ1) is 10.2. The quantitative estimate of drug-likeness (QED) is 0.879. The standard InChI is InChI=1S/C17H19NO3/c1-3-12-21-16-7-5-4-6-15(16)18-17(19)13-8-10-14(20-2)11-9-13/h4-11H,3,12H2,1-2H3,(H,18,19). The largest absolute Gasteiger partial charge is 0.497 e. The van der Waals surface area contributed by atoms with E-state index in [4.69, 9.17) is 9.47 Å². The molecule has 0 atom stereocenters. The summed E-state index contributed by atoms with van der Waals surface area (Å²) in [4.78, 5) is 12.2. The third-order valence-electron chi connectivity index (χ3n) is 2.95. The van der Waals surface area contributed by atoms with Crippen LogP contribution in [-0.4, -0.2) is 19.6 Å². The molecule has 0 fully saturated rings. The van der Waals surface area contributed by atoms with Crippen LogP contribution in [0.15, 0.2) is 48.5 Å². The van der Waals surface area contributed by atoms with Crippen molar-refractivity contribution in [3.63, 3.8) is 0 Å². The first kappa shape index (κ1) is 14.9. The van der Waals surface area contributed by atoms with Gasteiger partial charge in [-0.2, -0.15) is 0 Å². The van der Waals surface area contributed by atoms with Gasteiger partial charge in [-0.05, 0) is 42.8 Å². The Morgan fingerprint density at radius 2 is 1.81 bits per heavy atom. The Hall–Kier alpha value is -2.49. The number of ether oxygens (including phenoxy) is 2. The number of methoxy groups -OCH3 is 1. The van der Waals surface area contributed by atoms with Crippen LogP contribution in [0.5, 0.6) is 11.5 Å². The molecule has 0 bridgehead atoms. The Morgan fingerprint density at radius 1 is 1.10 bits per heavy atom. The van der Waals surface area contributed by atoms with E-state index in [0.29, 0.717) is 23.6 Å². The normalized spacial score (nSPS) is 10.0. The highest BCUT2D eigenvalue weighted by Crippen LogP contribution is 2.24. The summed E-state index contributed by atoms with van der Waals surface area (Å²) in [6.45, 7) is 2.66. The Kier molecular flexibility index (Phi) is 5.21. The van der Waals surface area contributed by atoms with Gasteiger partial charge >= 0.3 is 0 Å². The lowest BCUT2D eigenvalue weighted by molar-refractivity contribution is 0.102. The van der Waals surface area contributed by atoms with Gasteiger partial charge in [0.1, 0.15) is 11.5 Å². The van der Waals surface area contributed by atoms with Crippen molar-refractivity contribution < 1.29 is 14.3 Å². The molecule has 0 aliphatic rings. The van der Waals surface area contributed by atoms with Gasteiger partial charge in [-0.1, -0.05) is 19.1 Å². The minimum Gasteiger partial charge on any atom is -0.497 e. The zero-order valence-corrected chi connectivity index (χ0v) is 12.3. The summed E-state index contributed by atoms with van der Waals surface area (Å²) in [6.07, 6.45) is 0.917. The molecule has 0 radical (unpaired) electrons. The summed E-state index contributed by atoms with van der Waals surface area (Å²) in [5.74, 6) is 1.23. The van der Waals surface area contributed by atoms with Crippen molar-refractivity contribution in [2.45, 2.75) is 13.3 Å². The lowest BCUT2D eigenvalue weighted by Gasteiger charge is -2.12. The van der Waals surface area contributed by atoms with E-state index in [1.165, 1.54) is 0 Å². The van der Waals surface area contributed by atoms with E-state index >= 15 is 0 Å². The molecule has 4 nitrogen and oxygen atoms in total. The molecule has 110 valence electrons. The van der Waals surface area contributed by atoms with Crippen molar-refractivity contribution >= 4 is 11.6 Å². The molecule has 0 spiro atoms. The summed E-state index contributed by atoms with van der Waals surface area (Å²) in [5.41, 5.74) is 1.24. The van der Waals surface area contributed by atoms with Crippen LogP contribution in [0, 0.1) is 0 Å². The summed E-state index contributed by atoms with van der Waals surface area (Å²) in [7, 11) is 1.59. The third-order valence-corrected chi connectivity index (χ3v) is 2.95. The van der Waals surface area contributed by atoms with E-state index in [1.54, 1.807) is 31.4 Å². The van der Waals surface area contributed by atoms with Gasteiger partial charge in [0, 0.05) is 5.56 Å². The first-order valence-electron chi connectivity index (χ1n) is 6.92. The highest BCUT2D eigenvalue weighted by atomic mass is 16.5. The maximum atomic E-state index is 12.2. The second kappa shape index (κ2) is 7.33. The molecular weight excluding hydrogens is 266 g/mol. The van der Waals surface area contributed by atoms with E-state index in [1.807, 2.05) is 31.2 Å². The van der Waals surface area contributed by atoms with Crippen LogP contribution in [0.3, 0.4) is 0 Å². The molecule has 0 aromatic heterocycles. The van der Waals surface area contributed by atoms with Crippen molar-refractivity contribution in [3.8, 4) is 11.5 Å². The Morgan fingerprint density at radius 3 is 2.48 bits per heavy atom. The number of rotatable bonds is 6. The number of carbonyl (C=O) groups is 1. The fraction of sp³-hybridized carbons (Fsp3) is 0.235. The van der Waals surface area contributed by atoms with Crippen molar-refractivity contribution in [1.82, 2.24) is 0 Å². The molecule has 1 amide bonds. The van der Waals surface area contributed by atoms with E-state index in [2.05, 4.69) is 5.32 Å². The van der Waals surface area contributed by atoms with Crippen molar-refractivity contribution in [1.29, 1.82) is 0 Å². The molecule has 0 heterocycles. The average Bonchev–Trinajstić information content (AvgIpc) is 2.54. The van der Waals surface area contributed by atoms with Crippen LogP contribution in [0.1, 0.15) is 23.7 Å². The highest BCUT2D eigenvalue weighted by molar-refractivity contribution is 6.05. The van der Waals surface area contributed by atoms with Crippen LogP contribution in [0.2, 0.25) is 0 Å². The zero-order valence-electron chi connectivity index (χ0n) is 12.3. The number of para-hydroxylation sites is 2. The predicted octanol–water partition coefficient (Wildman–Crippen LogP) is 3.74. The molecule has 4 heteroatoms. The first-order valence-corrected chi connectivity index (χ1v) is 6.92. The van der Waals surface area contributed by atoms with Crippen molar-refractivity contribution in [2.24, 2.45) is 0 Å². The molecule has 0 aliphatic heterocycles. The second-order valence-corrected chi connectivity index (χ2v) is 4.53. The number of hydrogen-bond acceptors (Lipinski definition) is 3. The topological polar surface area (TPSA) is 47.6 Å². The molecular formula is C17H19NO3. The molecule has 2 aromatic carbocycles. The maximum Gasteiger partial charge on any atom is 0.255 e. The molecule has 0 unspecified atom stereocenters. The summed E-state index contributed by atoms with van der Waals surface area (Å²) < 4.78 is 10.7. The minimum atomic E-state index is -0.176. The van der Waals surface area contributed by atoms with Crippen molar-refractivity contribution in [3.05, 3.63) is 54.1 Å². The number of hydrogen-bond donors (Lipinski definition) is 1. The average molecular weight is 285 g/mol. The fourth-order valence-electron chi connectivity index (χ4n) is 1.84. The van der Waals surface area contributed by atoms with Gasteiger partial charge < -0.3 is 14.8 Å². The zero-order chi connectivity index (χ0) is 15.1. The van der Waals surface area contributed by atoms with Gasteiger partial charge in [-0.25, -0.2) is 0 Å². The smallest absolute Gasteiger partial charge is 0.255 e. The van der Waals surface area contributed by atoms with Crippen LogP contribution in [0.25, 0.3) is 0 Å². The summed E-state index contributed by atoms with van der Waals surface area (Å²) >= 11 is 0. The van der Waals surface area contributed by atoms with E-state index < -0.39 is 0 Å². The Balaban J connectivity index is 2.11. The lowest BCUT2D eigenvalue weighted by atomic mass is 10.2. The van der Waals surface area contributed by atoms with Crippen LogP contribution < -0.4 is 14.8 Å². The van der Waals surface area contributed by atoms with Gasteiger partial charge in [-0.3, -0.25) is 4.79 Å². The molecule has 0 aliphatic carbocycles. The molecule has 21 heavy (non-hydrogen) atoms. The summed E-state index contributed by atoms with van der Waals surface area (Å²) in [5, 5.41) is 2.87. The number of nitrogens with one attached hydrogen (secondary N) is 1. The lowest BCUT2D eigenvalue weighted by Crippen LogP contribution is -2.13. The van der Waals surface area contributed by atoms with Gasteiger partial charge in [0.15, 0.2) is 0 Å². The van der Waals surface area contributed by atoms with E-state index in [-0.39, 0.29) is 5.91 Å². The highest BCUT2D eigenvalue weighted by Gasteiger charge is 2.09. The van der Waals surface area contributed by atoms with Crippen LogP contribution in [-0.2, 0) is 0 Å². The molecule has 0 saturated carbocycles. The monoisotopic (exact) mass is 285 g/mol. The SMILES string of the molecule is CCCOc1ccccc1NC(=O)c1ccc(OC)cc1. The number of anilines is 1. The Bertz CT molecular complexity index is 593. The summed E-state index contributed by atoms with van der Waals surface area (Å²) in [6, 6.07) is 14.4. The maximum absolute atomic E-state index is 12.2. The molecule has 2 rings (SSSR count). The van der Waals surface area contributed by atoms with Gasteiger partial charge in [0.05, 0.1) is 19.4 Å². The van der Waals surface area contributed by atoms with Gasteiger partial charge in [-0.15, -0.1) is 0 Å². The minimum absolute atomic E-state index is 0.176.